The Balaban J connectivity index is 2.26. The maximum Gasteiger partial charge on any atom is 0.318 e. The molecule has 0 fully saturated rings. The summed E-state index contributed by atoms with van der Waals surface area (Å²) in [5, 5.41) is 3.88. The summed E-state index contributed by atoms with van der Waals surface area (Å²) in [5.74, 6) is -0.112. The standard InChI is InChI=1S/C13H17N3O3/c1-4-18-13(17)10(8(2)3)12-15-11(16-19-12)9-6-5-7-14-9/h5-8,10,14H,4H2,1-3H3. The quantitative estimate of drug-likeness (QED) is 0.837. The molecule has 0 amide bonds. The van der Waals surface area contributed by atoms with Crippen LogP contribution in [0, 0.1) is 5.92 Å². The molecule has 19 heavy (non-hydrogen) atoms. The molecule has 2 rings (SSSR count). The zero-order chi connectivity index (χ0) is 13.8. The average molecular weight is 263 g/mol. The van der Waals surface area contributed by atoms with Crippen LogP contribution in [-0.2, 0) is 9.53 Å². The second-order valence-corrected chi connectivity index (χ2v) is 4.51. The van der Waals surface area contributed by atoms with Crippen molar-refractivity contribution in [3.63, 3.8) is 0 Å². The van der Waals surface area contributed by atoms with Gasteiger partial charge in [-0.25, -0.2) is 0 Å². The van der Waals surface area contributed by atoms with E-state index in [-0.39, 0.29) is 17.8 Å². The van der Waals surface area contributed by atoms with Crippen LogP contribution < -0.4 is 0 Å². The predicted molar refractivity (Wildman–Crippen MR) is 68.3 cm³/mol. The lowest BCUT2D eigenvalue weighted by Gasteiger charge is -2.14. The van der Waals surface area contributed by atoms with Crippen molar-refractivity contribution in [2.45, 2.75) is 26.7 Å². The molecular formula is C13H17N3O3. The molecule has 102 valence electrons. The van der Waals surface area contributed by atoms with Gasteiger partial charge in [-0.3, -0.25) is 4.79 Å². The number of nitrogens with one attached hydrogen (secondary N) is 1. The van der Waals surface area contributed by atoms with Gasteiger partial charge in [0.15, 0.2) is 0 Å². The van der Waals surface area contributed by atoms with Crippen LogP contribution in [0.2, 0.25) is 0 Å². The van der Waals surface area contributed by atoms with Gasteiger partial charge in [-0.2, -0.15) is 4.98 Å². The third kappa shape index (κ3) is 2.83. The molecular weight excluding hydrogens is 246 g/mol. The number of rotatable bonds is 5. The maximum atomic E-state index is 11.9. The highest BCUT2D eigenvalue weighted by Gasteiger charge is 2.31. The number of esters is 1. The number of hydrogen-bond acceptors (Lipinski definition) is 5. The minimum Gasteiger partial charge on any atom is -0.465 e. The smallest absolute Gasteiger partial charge is 0.318 e. The van der Waals surface area contributed by atoms with Crippen molar-refractivity contribution in [1.29, 1.82) is 0 Å². The monoisotopic (exact) mass is 263 g/mol. The van der Waals surface area contributed by atoms with E-state index in [1.165, 1.54) is 0 Å². The van der Waals surface area contributed by atoms with Crippen molar-refractivity contribution in [3.8, 4) is 11.5 Å². The molecule has 0 saturated heterocycles. The third-order valence-electron chi connectivity index (χ3n) is 2.75. The Labute approximate surface area is 111 Å². The van der Waals surface area contributed by atoms with Crippen LogP contribution in [0.3, 0.4) is 0 Å². The predicted octanol–water partition coefficient (Wildman–Crippen LogP) is 2.37. The summed E-state index contributed by atoms with van der Waals surface area (Å²) in [4.78, 5) is 19.2. The van der Waals surface area contributed by atoms with Gasteiger partial charge in [-0.1, -0.05) is 19.0 Å². The Bertz CT molecular complexity index is 531. The molecule has 1 atom stereocenters. The van der Waals surface area contributed by atoms with E-state index >= 15 is 0 Å². The highest BCUT2D eigenvalue weighted by molar-refractivity contribution is 5.77. The second-order valence-electron chi connectivity index (χ2n) is 4.51. The molecule has 0 aliphatic rings. The summed E-state index contributed by atoms with van der Waals surface area (Å²) in [7, 11) is 0. The fourth-order valence-corrected chi connectivity index (χ4v) is 1.83. The zero-order valence-electron chi connectivity index (χ0n) is 11.2. The Morgan fingerprint density at radius 3 is 2.89 bits per heavy atom. The van der Waals surface area contributed by atoms with Crippen LogP contribution in [0.5, 0.6) is 0 Å². The van der Waals surface area contributed by atoms with E-state index in [1.807, 2.05) is 26.0 Å². The normalized spacial score (nSPS) is 12.6. The zero-order valence-corrected chi connectivity index (χ0v) is 11.2. The fourth-order valence-electron chi connectivity index (χ4n) is 1.83. The number of hydrogen-bond donors (Lipinski definition) is 1. The van der Waals surface area contributed by atoms with Gasteiger partial charge in [-0.05, 0) is 25.0 Å². The number of aromatic nitrogens is 3. The largest absolute Gasteiger partial charge is 0.465 e. The first-order chi connectivity index (χ1) is 9.13. The molecule has 6 heteroatoms. The molecule has 0 radical (unpaired) electrons. The van der Waals surface area contributed by atoms with Gasteiger partial charge in [0.2, 0.25) is 11.7 Å². The van der Waals surface area contributed by atoms with Gasteiger partial charge >= 0.3 is 5.97 Å². The van der Waals surface area contributed by atoms with Crippen LogP contribution in [0.15, 0.2) is 22.9 Å². The molecule has 1 unspecified atom stereocenters. The number of aromatic amines is 1. The Hall–Kier alpha value is -2.11. The van der Waals surface area contributed by atoms with Crippen molar-refractivity contribution in [2.24, 2.45) is 5.92 Å². The number of carbonyl (C=O) groups excluding carboxylic acids is 1. The van der Waals surface area contributed by atoms with E-state index in [0.29, 0.717) is 12.4 Å². The highest BCUT2D eigenvalue weighted by Crippen LogP contribution is 2.26. The molecule has 6 nitrogen and oxygen atoms in total. The third-order valence-corrected chi connectivity index (χ3v) is 2.75. The van der Waals surface area contributed by atoms with Crippen LogP contribution in [0.4, 0.5) is 0 Å². The lowest BCUT2D eigenvalue weighted by molar-refractivity contribution is -0.146. The molecule has 0 spiro atoms. The van der Waals surface area contributed by atoms with Gasteiger partial charge in [0.1, 0.15) is 5.92 Å². The number of nitrogens with zero attached hydrogens (tertiary/aromatic N) is 2. The van der Waals surface area contributed by atoms with E-state index in [0.717, 1.165) is 5.69 Å². The summed E-state index contributed by atoms with van der Waals surface area (Å²) in [6.07, 6.45) is 1.77. The lowest BCUT2D eigenvalue weighted by atomic mass is 9.96. The minimum absolute atomic E-state index is 0.0241. The Morgan fingerprint density at radius 2 is 2.32 bits per heavy atom. The Kier molecular flexibility index (Phi) is 3.99. The summed E-state index contributed by atoms with van der Waals surface area (Å²) >= 11 is 0. The molecule has 2 heterocycles. The molecule has 0 bridgehead atoms. The van der Waals surface area contributed by atoms with Crippen LogP contribution in [-0.4, -0.2) is 27.7 Å². The molecule has 0 aromatic carbocycles. The number of H-pyrrole nitrogens is 1. The topological polar surface area (TPSA) is 81.0 Å². The fraction of sp³-hybridized carbons (Fsp3) is 0.462. The molecule has 0 aliphatic heterocycles. The number of carbonyl (C=O) groups is 1. The molecule has 2 aromatic heterocycles. The van der Waals surface area contributed by atoms with Crippen molar-refractivity contribution >= 4 is 5.97 Å². The van der Waals surface area contributed by atoms with Crippen molar-refractivity contribution in [3.05, 3.63) is 24.2 Å². The van der Waals surface area contributed by atoms with Crippen LogP contribution in [0.1, 0.15) is 32.6 Å². The van der Waals surface area contributed by atoms with Crippen LogP contribution in [0.25, 0.3) is 11.5 Å². The summed E-state index contributed by atoms with van der Waals surface area (Å²) in [6.45, 7) is 5.94. The molecule has 0 saturated carbocycles. The van der Waals surface area contributed by atoms with Gasteiger partial charge in [0.05, 0.1) is 12.3 Å². The van der Waals surface area contributed by atoms with Crippen molar-refractivity contribution < 1.29 is 14.1 Å². The average Bonchev–Trinajstić information content (AvgIpc) is 2.98. The highest BCUT2D eigenvalue weighted by atomic mass is 16.5. The van der Waals surface area contributed by atoms with E-state index in [2.05, 4.69) is 15.1 Å². The maximum absolute atomic E-state index is 11.9. The summed E-state index contributed by atoms with van der Waals surface area (Å²) in [6, 6.07) is 3.68. The van der Waals surface area contributed by atoms with E-state index in [1.54, 1.807) is 13.1 Å². The molecule has 0 aliphatic carbocycles. The van der Waals surface area contributed by atoms with E-state index < -0.39 is 5.92 Å². The SMILES string of the molecule is CCOC(=O)C(c1nc(-c2ccc[nH]2)no1)C(C)C. The van der Waals surface area contributed by atoms with Gasteiger partial charge in [-0.15, -0.1) is 0 Å². The van der Waals surface area contributed by atoms with Gasteiger partial charge in [0, 0.05) is 6.20 Å². The minimum atomic E-state index is -0.531. The molecule has 1 N–H and O–H groups in total. The van der Waals surface area contributed by atoms with E-state index in [4.69, 9.17) is 9.26 Å². The lowest BCUT2D eigenvalue weighted by Crippen LogP contribution is -2.21. The van der Waals surface area contributed by atoms with E-state index in [9.17, 15) is 4.79 Å². The summed E-state index contributed by atoms with van der Waals surface area (Å²) in [5.41, 5.74) is 0.751. The Morgan fingerprint density at radius 1 is 1.53 bits per heavy atom. The first-order valence-electron chi connectivity index (χ1n) is 6.27. The van der Waals surface area contributed by atoms with Crippen LogP contribution >= 0.6 is 0 Å². The van der Waals surface area contributed by atoms with Gasteiger partial charge < -0.3 is 14.2 Å². The summed E-state index contributed by atoms with van der Waals surface area (Å²) < 4.78 is 10.2. The van der Waals surface area contributed by atoms with Crippen molar-refractivity contribution in [1.82, 2.24) is 15.1 Å². The molecule has 2 aromatic rings. The van der Waals surface area contributed by atoms with Gasteiger partial charge in [0.25, 0.3) is 0 Å². The second kappa shape index (κ2) is 5.69. The first kappa shape index (κ1) is 13.3. The first-order valence-corrected chi connectivity index (χ1v) is 6.27. The number of ether oxygens (including phenoxy) is 1. The van der Waals surface area contributed by atoms with Crippen molar-refractivity contribution in [2.75, 3.05) is 6.61 Å².